The molecule has 24 heavy (non-hydrogen) atoms. The van der Waals surface area contributed by atoms with Crippen molar-refractivity contribution in [1.29, 1.82) is 0 Å². The third-order valence-corrected chi connectivity index (χ3v) is 5.79. The Balaban J connectivity index is 1.54. The molecule has 0 N–H and O–H groups in total. The van der Waals surface area contributed by atoms with Crippen molar-refractivity contribution in [2.45, 2.75) is 38.2 Å². The first-order chi connectivity index (χ1) is 11.7. The van der Waals surface area contributed by atoms with Crippen LogP contribution in [0.3, 0.4) is 0 Å². The molecule has 1 saturated heterocycles. The number of rotatable bonds is 2. The molecule has 1 aromatic rings. The Labute approximate surface area is 142 Å². The number of benzene rings is 1. The molecule has 1 aromatic carbocycles. The highest BCUT2D eigenvalue weighted by molar-refractivity contribution is 5.95. The average Bonchev–Trinajstić information content (AvgIpc) is 3.02. The van der Waals surface area contributed by atoms with E-state index in [1.807, 2.05) is 23.1 Å². The minimum atomic E-state index is 0.0906. The van der Waals surface area contributed by atoms with E-state index in [1.165, 1.54) is 6.42 Å². The van der Waals surface area contributed by atoms with Gasteiger partial charge in [0, 0.05) is 31.2 Å². The van der Waals surface area contributed by atoms with Gasteiger partial charge in [0.2, 0.25) is 0 Å². The van der Waals surface area contributed by atoms with Crippen LogP contribution >= 0.6 is 0 Å². The topological polar surface area (TPSA) is 48.0 Å². The van der Waals surface area contributed by atoms with Gasteiger partial charge >= 0.3 is 0 Å². The number of fused-ring (bicyclic) bond motifs is 1. The van der Waals surface area contributed by atoms with Crippen molar-refractivity contribution in [3.8, 4) is 11.5 Å². The molecule has 2 atom stereocenters. The number of hydrogen-bond donors (Lipinski definition) is 0. The van der Waals surface area contributed by atoms with E-state index in [0.29, 0.717) is 24.5 Å². The van der Waals surface area contributed by atoms with E-state index >= 15 is 0 Å². The van der Waals surface area contributed by atoms with Crippen LogP contribution in [0.1, 0.15) is 42.5 Å². The van der Waals surface area contributed by atoms with Crippen molar-refractivity contribution in [2.75, 3.05) is 33.4 Å². The molecule has 0 radical (unpaired) electrons. The maximum absolute atomic E-state index is 13.0. The number of carbonyl (C=O) groups excluding carboxylic acids is 1. The predicted molar refractivity (Wildman–Crippen MR) is 89.7 cm³/mol. The van der Waals surface area contributed by atoms with E-state index in [0.717, 1.165) is 44.5 Å². The molecule has 5 nitrogen and oxygen atoms in total. The molecule has 2 heterocycles. The van der Waals surface area contributed by atoms with E-state index in [9.17, 15) is 4.79 Å². The van der Waals surface area contributed by atoms with Crippen molar-refractivity contribution in [1.82, 2.24) is 4.90 Å². The molecule has 130 valence electrons. The Hall–Kier alpha value is -1.75. The van der Waals surface area contributed by atoms with Gasteiger partial charge < -0.3 is 19.1 Å². The van der Waals surface area contributed by atoms with Crippen LogP contribution < -0.4 is 9.47 Å². The largest absolute Gasteiger partial charge is 0.486 e. The van der Waals surface area contributed by atoms with Gasteiger partial charge in [0.25, 0.3) is 5.91 Å². The summed E-state index contributed by atoms with van der Waals surface area (Å²) in [7, 11) is 1.80. The number of nitrogens with zero attached hydrogens (tertiary/aromatic N) is 1. The Morgan fingerprint density at radius 2 is 2.00 bits per heavy atom. The molecule has 0 unspecified atom stereocenters. The number of ether oxygens (including phenoxy) is 3. The number of piperidine rings is 1. The minimum Gasteiger partial charge on any atom is -0.486 e. The standard InChI is InChI=1S/C19H25NO4/c1-22-17-4-2-7-19(17)8-3-9-20(13-19)18(21)14-5-6-15-16(12-14)24-11-10-23-15/h5-6,12,17H,2-4,7-11,13H2,1H3/t17-,19+/m1/s1. The van der Waals surface area contributed by atoms with Crippen LogP contribution in [-0.4, -0.2) is 50.3 Å². The van der Waals surface area contributed by atoms with Gasteiger partial charge in [0.1, 0.15) is 13.2 Å². The summed E-state index contributed by atoms with van der Waals surface area (Å²) in [5.41, 5.74) is 0.833. The lowest BCUT2D eigenvalue weighted by atomic mass is 9.76. The van der Waals surface area contributed by atoms with Gasteiger partial charge in [-0.3, -0.25) is 4.79 Å². The van der Waals surface area contributed by atoms with Crippen molar-refractivity contribution >= 4 is 5.91 Å². The van der Waals surface area contributed by atoms with E-state index in [4.69, 9.17) is 14.2 Å². The second-order valence-corrected chi connectivity index (χ2v) is 7.17. The zero-order chi connectivity index (χ0) is 16.6. The fraction of sp³-hybridized carbons (Fsp3) is 0.632. The van der Waals surface area contributed by atoms with Crippen molar-refractivity contribution in [3.63, 3.8) is 0 Å². The molecule has 2 fully saturated rings. The normalized spacial score (nSPS) is 29.0. The fourth-order valence-corrected chi connectivity index (χ4v) is 4.63. The zero-order valence-corrected chi connectivity index (χ0v) is 14.3. The lowest BCUT2D eigenvalue weighted by Crippen LogP contribution is -2.49. The molecule has 1 amide bonds. The SMILES string of the molecule is CO[C@@H]1CCC[C@@]12CCCN(C(=O)c1ccc3c(c1)OCCO3)C2. The van der Waals surface area contributed by atoms with Gasteiger partial charge in [-0.05, 0) is 43.9 Å². The van der Waals surface area contributed by atoms with Crippen molar-refractivity contribution in [3.05, 3.63) is 23.8 Å². The van der Waals surface area contributed by atoms with E-state index in [-0.39, 0.29) is 17.4 Å². The molecule has 0 aromatic heterocycles. The second kappa shape index (κ2) is 6.28. The number of amides is 1. The van der Waals surface area contributed by atoms with Crippen LogP contribution in [0.15, 0.2) is 18.2 Å². The highest BCUT2D eigenvalue weighted by atomic mass is 16.6. The number of likely N-dealkylation sites (tertiary alicyclic amines) is 1. The Morgan fingerprint density at radius 1 is 1.21 bits per heavy atom. The average molecular weight is 331 g/mol. The number of hydrogen-bond acceptors (Lipinski definition) is 4. The number of carbonyl (C=O) groups is 1. The van der Waals surface area contributed by atoms with Crippen LogP contribution in [-0.2, 0) is 4.74 Å². The number of methoxy groups -OCH3 is 1. The predicted octanol–water partition coefficient (Wildman–Crippen LogP) is 2.88. The summed E-state index contributed by atoms with van der Waals surface area (Å²) < 4.78 is 16.9. The molecule has 1 aliphatic carbocycles. The highest BCUT2D eigenvalue weighted by Crippen LogP contribution is 2.46. The third-order valence-electron chi connectivity index (χ3n) is 5.79. The smallest absolute Gasteiger partial charge is 0.254 e. The zero-order valence-electron chi connectivity index (χ0n) is 14.3. The highest BCUT2D eigenvalue weighted by Gasteiger charge is 2.46. The molecule has 0 bridgehead atoms. The first-order valence-electron chi connectivity index (χ1n) is 8.94. The molecule has 4 rings (SSSR count). The summed E-state index contributed by atoms with van der Waals surface area (Å²) in [5.74, 6) is 1.49. The summed E-state index contributed by atoms with van der Waals surface area (Å²) in [6, 6.07) is 5.51. The molecular formula is C19H25NO4. The van der Waals surface area contributed by atoms with E-state index in [1.54, 1.807) is 7.11 Å². The molecule has 1 spiro atoms. The van der Waals surface area contributed by atoms with Crippen LogP contribution in [0.4, 0.5) is 0 Å². The molecule has 3 aliphatic rings. The third kappa shape index (κ3) is 2.65. The Morgan fingerprint density at radius 3 is 2.83 bits per heavy atom. The summed E-state index contributed by atoms with van der Waals surface area (Å²) >= 11 is 0. The van der Waals surface area contributed by atoms with Gasteiger partial charge in [0.15, 0.2) is 11.5 Å². The lowest BCUT2D eigenvalue weighted by molar-refractivity contribution is -0.0295. The molecular weight excluding hydrogens is 306 g/mol. The fourth-order valence-electron chi connectivity index (χ4n) is 4.63. The quantitative estimate of drug-likeness (QED) is 0.836. The van der Waals surface area contributed by atoms with Crippen molar-refractivity contribution < 1.29 is 19.0 Å². The van der Waals surface area contributed by atoms with Gasteiger partial charge in [-0.2, -0.15) is 0 Å². The van der Waals surface area contributed by atoms with Gasteiger partial charge in [-0.15, -0.1) is 0 Å². The van der Waals surface area contributed by atoms with Crippen LogP contribution in [0.2, 0.25) is 0 Å². The summed E-state index contributed by atoms with van der Waals surface area (Å²) in [6.07, 6.45) is 5.98. The van der Waals surface area contributed by atoms with Crippen LogP contribution in [0, 0.1) is 5.41 Å². The molecule has 5 heteroatoms. The summed E-state index contributed by atoms with van der Waals surface area (Å²) in [5, 5.41) is 0. The monoisotopic (exact) mass is 331 g/mol. The Kier molecular flexibility index (Phi) is 4.12. The summed E-state index contributed by atoms with van der Waals surface area (Å²) in [4.78, 5) is 15.0. The first-order valence-corrected chi connectivity index (χ1v) is 8.94. The maximum Gasteiger partial charge on any atom is 0.254 e. The van der Waals surface area contributed by atoms with Crippen molar-refractivity contribution in [2.24, 2.45) is 5.41 Å². The van der Waals surface area contributed by atoms with Gasteiger partial charge in [-0.1, -0.05) is 6.42 Å². The van der Waals surface area contributed by atoms with Gasteiger partial charge in [-0.25, -0.2) is 0 Å². The first kappa shape index (κ1) is 15.8. The van der Waals surface area contributed by atoms with E-state index in [2.05, 4.69) is 0 Å². The second-order valence-electron chi connectivity index (χ2n) is 7.17. The van der Waals surface area contributed by atoms with Gasteiger partial charge in [0.05, 0.1) is 6.10 Å². The van der Waals surface area contributed by atoms with Crippen LogP contribution in [0.5, 0.6) is 11.5 Å². The summed E-state index contributed by atoms with van der Waals surface area (Å²) in [6.45, 7) is 2.73. The molecule has 1 saturated carbocycles. The van der Waals surface area contributed by atoms with E-state index < -0.39 is 0 Å². The van der Waals surface area contributed by atoms with Crippen LogP contribution in [0.25, 0.3) is 0 Å². The lowest BCUT2D eigenvalue weighted by Gasteiger charge is -2.43. The maximum atomic E-state index is 13.0. The minimum absolute atomic E-state index is 0.0906. The Bertz CT molecular complexity index is 632. The molecule has 2 aliphatic heterocycles.